The maximum atomic E-state index is 13.1. The molecule has 6 heteroatoms. The molecular weight excluding hydrogens is 426 g/mol. The van der Waals surface area contributed by atoms with E-state index in [-0.39, 0.29) is 41.4 Å². The number of allylic oxidation sites excluding steroid dienone is 2. The number of carbonyl (C=O) groups is 3. The van der Waals surface area contributed by atoms with E-state index >= 15 is 0 Å². The molecule has 6 nitrogen and oxygen atoms in total. The first kappa shape index (κ1) is 20.5. The van der Waals surface area contributed by atoms with Crippen molar-refractivity contribution in [2.45, 2.75) is 13.3 Å². The number of para-hydroxylation sites is 1. The summed E-state index contributed by atoms with van der Waals surface area (Å²) in [5, 5.41) is 3.89. The average molecular weight is 450 g/mol. The highest BCUT2D eigenvalue weighted by molar-refractivity contribution is 6.23. The number of hydrogen-bond donors (Lipinski definition) is 1. The second-order valence-electron chi connectivity index (χ2n) is 9.26. The SMILES string of the molecule is Cc1ccnc2c(NC(=O)/C=C/c3cccc(N4C(=O)C5C6C=CC(C6)C5C4=O)c3)cccc12. The molecule has 2 heterocycles. The van der Waals surface area contributed by atoms with Gasteiger partial charge in [0.1, 0.15) is 0 Å². The van der Waals surface area contributed by atoms with Gasteiger partial charge < -0.3 is 5.32 Å². The molecule has 1 aliphatic heterocycles. The zero-order valence-corrected chi connectivity index (χ0v) is 18.6. The Morgan fingerprint density at radius 3 is 2.53 bits per heavy atom. The third-order valence-corrected chi connectivity index (χ3v) is 7.27. The van der Waals surface area contributed by atoms with Gasteiger partial charge in [-0.1, -0.05) is 36.4 Å². The quantitative estimate of drug-likeness (QED) is 0.361. The molecule has 1 N–H and O–H groups in total. The molecular formula is C28H23N3O3. The molecule has 1 saturated heterocycles. The van der Waals surface area contributed by atoms with Gasteiger partial charge in [0.05, 0.1) is 28.7 Å². The third-order valence-electron chi connectivity index (χ3n) is 7.27. The molecule has 3 aromatic rings. The lowest BCUT2D eigenvalue weighted by Crippen LogP contribution is -2.32. The van der Waals surface area contributed by atoms with Crippen LogP contribution in [0.15, 0.2) is 73.0 Å². The Balaban J connectivity index is 1.21. The highest BCUT2D eigenvalue weighted by Gasteiger charge is 2.59. The molecule has 4 unspecified atom stereocenters. The first-order valence-electron chi connectivity index (χ1n) is 11.5. The summed E-state index contributed by atoms with van der Waals surface area (Å²) in [6, 6.07) is 14.8. The molecule has 34 heavy (non-hydrogen) atoms. The number of amides is 3. The Morgan fingerprint density at radius 1 is 1.03 bits per heavy atom. The van der Waals surface area contributed by atoms with Crippen LogP contribution >= 0.6 is 0 Å². The van der Waals surface area contributed by atoms with Crippen molar-refractivity contribution in [3.63, 3.8) is 0 Å². The molecule has 0 radical (unpaired) electrons. The van der Waals surface area contributed by atoms with Gasteiger partial charge in [-0.15, -0.1) is 0 Å². The van der Waals surface area contributed by atoms with E-state index in [1.165, 1.54) is 11.0 Å². The maximum absolute atomic E-state index is 13.1. The molecule has 3 amide bonds. The van der Waals surface area contributed by atoms with Gasteiger partial charge in [0.25, 0.3) is 0 Å². The van der Waals surface area contributed by atoms with Crippen LogP contribution < -0.4 is 10.2 Å². The van der Waals surface area contributed by atoms with Gasteiger partial charge in [-0.3, -0.25) is 19.4 Å². The molecule has 2 aromatic carbocycles. The minimum Gasteiger partial charge on any atom is -0.321 e. The first-order valence-corrected chi connectivity index (χ1v) is 11.5. The number of benzene rings is 2. The van der Waals surface area contributed by atoms with E-state index in [9.17, 15) is 14.4 Å². The van der Waals surface area contributed by atoms with Gasteiger partial charge in [-0.25, -0.2) is 4.90 Å². The Kier molecular flexibility index (Phi) is 4.69. The van der Waals surface area contributed by atoms with Gasteiger partial charge in [-0.2, -0.15) is 0 Å². The molecule has 2 fully saturated rings. The van der Waals surface area contributed by atoms with E-state index in [1.807, 2.05) is 37.3 Å². The third kappa shape index (κ3) is 3.17. The lowest BCUT2D eigenvalue weighted by atomic mass is 9.85. The molecule has 4 atom stereocenters. The van der Waals surface area contributed by atoms with E-state index in [0.29, 0.717) is 11.4 Å². The number of rotatable bonds is 4. The molecule has 1 aromatic heterocycles. The number of imide groups is 1. The van der Waals surface area contributed by atoms with Crippen LogP contribution in [-0.4, -0.2) is 22.7 Å². The fourth-order valence-corrected chi connectivity index (χ4v) is 5.69. The molecule has 2 bridgehead atoms. The van der Waals surface area contributed by atoms with E-state index < -0.39 is 0 Å². The standard InChI is InChI=1S/C28H23N3O3/c1-16-12-13-29-26-21(16)6-3-7-22(26)30-23(32)11-8-17-4-2-5-20(14-17)31-27(33)24-18-9-10-19(15-18)25(24)28(31)34/h2-14,18-19,24-25H,15H2,1H3,(H,30,32)/b11-8+. The Morgan fingerprint density at radius 2 is 1.76 bits per heavy atom. The lowest BCUT2D eigenvalue weighted by Gasteiger charge is -2.17. The predicted molar refractivity (Wildman–Crippen MR) is 131 cm³/mol. The molecule has 3 aliphatic rings. The Hall–Kier alpha value is -4.06. The number of carbonyl (C=O) groups excluding carboxylic acids is 3. The molecule has 1 saturated carbocycles. The van der Waals surface area contributed by atoms with Gasteiger partial charge in [0.2, 0.25) is 17.7 Å². The number of aryl methyl sites for hydroxylation is 1. The van der Waals surface area contributed by atoms with Crippen LogP contribution in [0.4, 0.5) is 11.4 Å². The number of aromatic nitrogens is 1. The van der Waals surface area contributed by atoms with Crippen molar-refractivity contribution in [3.8, 4) is 0 Å². The monoisotopic (exact) mass is 449 g/mol. The maximum Gasteiger partial charge on any atom is 0.248 e. The summed E-state index contributed by atoms with van der Waals surface area (Å²) in [5.41, 5.74) is 3.77. The smallest absolute Gasteiger partial charge is 0.248 e. The van der Waals surface area contributed by atoms with Gasteiger partial charge in [0, 0.05) is 17.7 Å². The van der Waals surface area contributed by atoms with Crippen LogP contribution in [0.25, 0.3) is 17.0 Å². The zero-order chi connectivity index (χ0) is 23.4. The second-order valence-corrected chi connectivity index (χ2v) is 9.26. The van der Waals surface area contributed by atoms with E-state index in [2.05, 4.69) is 22.5 Å². The zero-order valence-electron chi connectivity index (χ0n) is 18.6. The number of nitrogens with zero attached hydrogens (tertiary/aromatic N) is 2. The fraction of sp³-hybridized carbons (Fsp3) is 0.214. The Labute approximate surface area is 197 Å². The molecule has 168 valence electrons. The largest absolute Gasteiger partial charge is 0.321 e. The summed E-state index contributed by atoms with van der Waals surface area (Å²) in [7, 11) is 0. The van der Waals surface area contributed by atoms with Crippen LogP contribution in [0, 0.1) is 30.6 Å². The van der Waals surface area contributed by atoms with Gasteiger partial charge >= 0.3 is 0 Å². The predicted octanol–water partition coefficient (Wildman–Crippen LogP) is 4.51. The summed E-state index contributed by atoms with van der Waals surface area (Å²) in [6.07, 6.45) is 9.94. The minimum atomic E-state index is -0.285. The number of fused-ring (bicyclic) bond motifs is 6. The highest BCUT2D eigenvalue weighted by Crippen LogP contribution is 2.53. The van der Waals surface area contributed by atoms with E-state index in [0.717, 1.165) is 28.5 Å². The summed E-state index contributed by atoms with van der Waals surface area (Å²) in [4.78, 5) is 44.5. The summed E-state index contributed by atoms with van der Waals surface area (Å²) >= 11 is 0. The van der Waals surface area contributed by atoms with Crippen molar-refractivity contribution in [2.75, 3.05) is 10.2 Å². The van der Waals surface area contributed by atoms with Crippen LogP contribution in [-0.2, 0) is 14.4 Å². The number of anilines is 2. The van der Waals surface area contributed by atoms with Crippen molar-refractivity contribution < 1.29 is 14.4 Å². The molecule has 6 rings (SSSR count). The summed E-state index contributed by atoms with van der Waals surface area (Å²) in [5.74, 6) is -0.609. The van der Waals surface area contributed by atoms with Crippen molar-refractivity contribution in [2.24, 2.45) is 23.7 Å². The lowest BCUT2D eigenvalue weighted by molar-refractivity contribution is -0.123. The molecule has 2 aliphatic carbocycles. The minimum absolute atomic E-state index is 0.107. The summed E-state index contributed by atoms with van der Waals surface area (Å²) in [6.45, 7) is 2.01. The van der Waals surface area contributed by atoms with E-state index in [1.54, 1.807) is 30.5 Å². The van der Waals surface area contributed by atoms with Crippen LogP contribution in [0.5, 0.6) is 0 Å². The number of hydrogen-bond acceptors (Lipinski definition) is 4. The molecule has 0 spiro atoms. The highest BCUT2D eigenvalue weighted by atomic mass is 16.2. The van der Waals surface area contributed by atoms with Crippen molar-refractivity contribution >= 4 is 46.1 Å². The van der Waals surface area contributed by atoms with Crippen molar-refractivity contribution in [1.29, 1.82) is 0 Å². The van der Waals surface area contributed by atoms with Gasteiger partial charge in [-0.05, 0) is 66.6 Å². The van der Waals surface area contributed by atoms with Crippen molar-refractivity contribution in [3.05, 3.63) is 84.1 Å². The topological polar surface area (TPSA) is 79.4 Å². The first-order chi connectivity index (χ1) is 16.5. The summed E-state index contributed by atoms with van der Waals surface area (Å²) < 4.78 is 0. The van der Waals surface area contributed by atoms with Crippen LogP contribution in [0.3, 0.4) is 0 Å². The normalized spacial score (nSPS) is 25.0. The Bertz CT molecular complexity index is 1390. The van der Waals surface area contributed by atoms with Gasteiger partial charge in [0.15, 0.2) is 0 Å². The van der Waals surface area contributed by atoms with Crippen LogP contribution in [0.1, 0.15) is 17.5 Å². The second kappa shape index (κ2) is 7.76. The average Bonchev–Trinajstić information content (AvgIpc) is 3.52. The fourth-order valence-electron chi connectivity index (χ4n) is 5.69. The van der Waals surface area contributed by atoms with Crippen molar-refractivity contribution in [1.82, 2.24) is 4.98 Å². The van der Waals surface area contributed by atoms with E-state index in [4.69, 9.17) is 0 Å². The number of pyridine rings is 1. The number of nitrogens with one attached hydrogen (secondary N) is 1. The van der Waals surface area contributed by atoms with Crippen LogP contribution in [0.2, 0.25) is 0 Å².